The van der Waals surface area contributed by atoms with Gasteiger partial charge in [-0.2, -0.15) is 5.26 Å². The summed E-state index contributed by atoms with van der Waals surface area (Å²) in [5.41, 5.74) is 2.86. The molecule has 5 nitrogen and oxygen atoms in total. The van der Waals surface area contributed by atoms with Gasteiger partial charge in [-0.3, -0.25) is 0 Å². The van der Waals surface area contributed by atoms with Gasteiger partial charge in [-0.25, -0.2) is 0 Å². The molecule has 3 aromatic rings. The van der Waals surface area contributed by atoms with Gasteiger partial charge in [0, 0.05) is 21.9 Å². The van der Waals surface area contributed by atoms with Crippen molar-refractivity contribution in [2.45, 2.75) is 9.79 Å². The molecule has 1 heterocycles. The topological polar surface area (TPSA) is 65.7 Å². The number of methoxy groups -OCH3 is 2. The summed E-state index contributed by atoms with van der Waals surface area (Å²) in [5.74, 6) is 1.02. The fraction of sp³-hybridized carbons (Fsp3) is 0.0952. The van der Waals surface area contributed by atoms with Crippen LogP contribution in [0.3, 0.4) is 0 Å². The van der Waals surface area contributed by atoms with Crippen molar-refractivity contribution in [3.8, 4) is 23.3 Å². The highest BCUT2D eigenvalue weighted by molar-refractivity contribution is 7.99. The Morgan fingerprint density at radius 1 is 0.889 bits per heavy atom. The molecule has 0 fully saturated rings. The summed E-state index contributed by atoms with van der Waals surface area (Å²) < 4.78 is 10.7. The minimum Gasteiger partial charge on any atom is -0.506 e. The van der Waals surface area contributed by atoms with E-state index < -0.39 is 0 Å². The minimum absolute atomic E-state index is 0.0580. The molecule has 1 aliphatic heterocycles. The summed E-state index contributed by atoms with van der Waals surface area (Å²) in [6.07, 6.45) is 0. The first-order valence-electron chi connectivity index (χ1n) is 8.22. The maximum Gasteiger partial charge on any atom is 0.164 e. The highest BCUT2D eigenvalue weighted by Gasteiger charge is 2.28. The van der Waals surface area contributed by atoms with E-state index in [1.807, 2.05) is 41.3 Å². The van der Waals surface area contributed by atoms with Crippen molar-refractivity contribution in [2.75, 3.05) is 19.1 Å². The molecule has 1 aliphatic rings. The van der Waals surface area contributed by atoms with Crippen LogP contribution < -0.4 is 14.4 Å². The summed E-state index contributed by atoms with van der Waals surface area (Å²) in [4.78, 5) is 4.00. The lowest BCUT2D eigenvalue weighted by molar-refractivity contribution is 0.351. The van der Waals surface area contributed by atoms with Crippen LogP contribution in [0.2, 0.25) is 0 Å². The number of ether oxygens (including phenoxy) is 2. The molecular formula is C21H16N2O3S. The minimum atomic E-state index is 0.0580. The Morgan fingerprint density at radius 3 is 2.33 bits per heavy atom. The summed E-state index contributed by atoms with van der Waals surface area (Å²) >= 11 is 1.63. The number of nitriles is 1. The van der Waals surface area contributed by atoms with Crippen molar-refractivity contribution < 1.29 is 14.6 Å². The van der Waals surface area contributed by atoms with Crippen molar-refractivity contribution >= 4 is 28.8 Å². The molecule has 0 spiro atoms. The molecule has 3 aromatic carbocycles. The lowest BCUT2D eigenvalue weighted by Crippen LogP contribution is -2.15. The number of fused-ring (bicyclic) bond motifs is 2. The average Bonchev–Trinajstić information content (AvgIpc) is 2.71. The maximum absolute atomic E-state index is 10.7. The third-order valence-electron chi connectivity index (χ3n) is 4.38. The summed E-state index contributed by atoms with van der Waals surface area (Å²) in [6.45, 7) is 0. The Morgan fingerprint density at radius 2 is 1.59 bits per heavy atom. The average molecular weight is 376 g/mol. The van der Waals surface area contributed by atoms with Gasteiger partial charge in [-0.05, 0) is 30.3 Å². The van der Waals surface area contributed by atoms with E-state index in [1.54, 1.807) is 31.0 Å². The molecule has 0 atom stereocenters. The fourth-order valence-corrected chi connectivity index (χ4v) is 4.16. The summed E-state index contributed by atoms with van der Waals surface area (Å²) in [7, 11) is 3.08. The van der Waals surface area contributed by atoms with Crippen molar-refractivity contribution in [3.63, 3.8) is 0 Å². The van der Waals surface area contributed by atoms with Crippen LogP contribution in [0.4, 0.5) is 17.1 Å². The molecule has 0 aliphatic carbocycles. The number of hydrogen-bond acceptors (Lipinski definition) is 6. The van der Waals surface area contributed by atoms with Crippen LogP contribution in [0, 0.1) is 11.3 Å². The Balaban J connectivity index is 1.99. The quantitative estimate of drug-likeness (QED) is 0.529. The van der Waals surface area contributed by atoms with Crippen LogP contribution in [-0.2, 0) is 0 Å². The molecule has 0 bridgehead atoms. The van der Waals surface area contributed by atoms with Gasteiger partial charge in [0.15, 0.2) is 11.5 Å². The van der Waals surface area contributed by atoms with E-state index >= 15 is 0 Å². The number of anilines is 3. The molecule has 0 unspecified atom stereocenters. The number of hydrogen-bond donors (Lipinski definition) is 1. The van der Waals surface area contributed by atoms with Crippen molar-refractivity contribution in [2.24, 2.45) is 0 Å². The van der Waals surface area contributed by atoms with E-state index in [0.717, 1.165) is 21.2 Å². The molecule has 4 rings (SSSR count). The van der Waals surface area contributed by atoms with E-state index in [4.69, 9.17) is 9.47 Å². The molecule has 0 aromatic heterocycles. The van der Waals surface area contributed by atoms with Gasteiger partial charge in [0.05, 0.1) is 42.9 Å². The second kappa shape index (κ2) is 6.78. The molecule has 0 saturated carbocycles. The largest absolute Gasteiger partial charge is 0.506 e. The molecule has 1 N–H and O–H groups in total. The van der Waals surface area contributed by atoms with Crippen molar-refractivity contribution in [1.29, 1.82) is 5.26 Å². The first-order chi connectivity index (χ1) is 13.2. The normalized spacial score (nSPS) is 12.0. The van der Waals surface area contributed by atoms with Gasteiger partial charge in [0.25, 0.3) is 0 Å². The zero-order valence-corrected chi connectivity index (χ0v) is 15.6. The number of benzene rings is 3. The summed E-state index contributed by atoms with van der Waals surface area (Å²) in [5, 5.41) is 20.1. The van der Waals surface area contributed by atoms with Gasteiger partial charge in [-0.15, -0.1) is 0 Å². The van der Waals surface area contributed by atoms with Crippen LogP contribution in [0.25, 0.3) is 0 Å². The molecule has 0 saturated heterocycles. The first-order valence-corrected chi connectivity index (χ1v) is 9.04. The second-order valence-electron chi connectivity index (χ2n) is 5.90. The van der Waals surface area contributed by atoms with E-state index in [-0.39, 0.29) is 5.75 Å². The summed E-state index contributed by atoms with van der Waals surface area (Å²) in [6, 6.07) is 19.0. The van der Waals surface area contributed by atoms with Crippen LogP contribution >= 0.6 is 11.8 Å². The molecule has 0 amide bonds. The predicted molar refractivity (Wildman–Crippen MR) is 105 cm³/mol. The molecule has 27 heavy (non-hydrogen) atoms. The molecule has 0 radical (unpaired) electrons. The van der Waals surface area contributed by atoms with Crippen LogP contribution in [0.5, 0.6) is 17.2 Å². The third kappa shape index (κ3) is 2.82. The Labute approximate surface area is 161 Å². The monoisotopic (exact) mass is 376 g/mol. The Kier molecular flexibility index (Phi) is 4.30. The van der Waals surface area contributed by atoms with E-state index in [2.05, 4.69) is 6.07 Å². The SMILES string of the molecule is COc1cc(O)c(N2c3ccccc3Sc3ccc(C#N)cc32)cc1OC. The smallest absolute Gasteiger partial charge is 0.164 e. The number of phenolic OH excluding ortho intramolecular Hbond substituents is 1. The van der Waals surface area contributed by atoms with E-state index in [1.165, 1.54) is 13.2 Å². The standard InChI is InChI=1S/C21H16N2O3S/c1-25-18-10-15(17(24)11-19(18)26-2)23-14-5-3-4-6-20(14)27-21-8-7-13(12-22)9-16(21)23/h3-11,24H,1-2H3. The van der Waals surface area contributed by atoms with Crippen LogP contribution in [0.15, 0.2) is 64.4 Å². The first kappa shape index (κ1) is 17.1. The third-order valence-corrected chi connectivity index (χ3v) is 5.51. The second-order valence-corrected chi connectivity index (χ2v) is 6.98. The van der Waals surface area contributed by atoms with E-state index in [0.29, 0.717) is 22.7 Å². The number of aromatic hydroxyl groups is 1. The van der Waals surface area contributed by atoms with Crippen LogP contribution in [-0.4, -0.2) is 19.3 Å². The zero-order chi connectivity index (χ0) is 19.0. The molecular weight excluding hydrogens is 360 g/mol. The van der Waals surface area contributed by atoms with Gasteiger partial charge < -0.3 is 19.5 Å². The van der Waals surface area contributed by atoms with E-state index in [9.17, 15) is 10.4 Å². The molecule has 134 valence electrons. The Hall–Kier alpha value is -3.30. The number of rotatable bonds is 3. The number of phenols is 1. The van der Waals surface area contributed by atoms with Gasteiger partial charge in [0.1, 0.15) is 5.75 Å². The number of para-hydroxylation sites is 1. The van der Waals surface area contributed by atoms with Crippen molar-refractivity contribution in [1.82, 2.24) is 0 Å². The Bertz CT molecular complexity index is 1080. The lowest BCUT2D eigenvalue weighted by atomic mass is 10.1. The number of nitrogens with zero attached hydrogens (tertiary/aromatic N) is 2. The highest BCUT2D eigenvalue weighted by Crippen LogP contribution is 2.54. The van der Waals surface area contributed by atoms with Crippen molar-refractivity contribution in [3.05, 3.63) is 60.2 Å². The van der Waals surface area contributed by atoms with Gasteiger partial charge >= 0.3 is 0 Å². The zero-order valence-electron chi connectivity index (χ0n) is 14.8. The lowest BCUT2D eigenvalue weighted by Gasteiger charge is -2.33. The predicted octanol–water partition coefficient (Wildman–Crippen LogP) is 5.22. The van der Waals surface area contributed by atoms with Crippen LogP contribution in [0.1, 0.15) is 5.56 Å². The highest BCUT2D eigenvalue weighted by atomic mass is 32.2. The van der Waals surface area contributed by atoms with Gasteiger partial charge in [0.2, 0.25) is 0 Å². The fourth-order valence-electron chi connectivity index (χ4n) is 3.12. The van der Waals surface area contributed by atoms with Gasteiger partial charge in [-0.1, -0.05) is 23.9 Å². The maximum atomic E-state index is 10.7. The molecule has 6 heteroatoms.